The molecule has 142 valence electrons. The summed E-state index contributed by atoms with van der Waals surface area (Å²) in [6, 6.07) is 16.2. The van der Waals surface area contributed by atoms with Gasteiger partial charge in [0.25, 0.3) is 0 Å². The standard InChI is InChI=1S/C20H18N4O4/c1-2-26-17-9-5-3-7-13(17)15-11-19(28-23-15)22-20(25)21-12-16-14-8-4-6-10-18(14)27-24-16/h3-11H,2,12H2,1H3,(H2,21,22,25). The molecule has 0 spiro atoms. The van der Waals surface area contributed by atoms with E-state index in [0.29, 0.717) is 29.3 Å². The summed E-state index contributed by atoms with van der Waals surface area (Å²) in [4.78, 5) is 12.2. The minimum atomic E-state index is -0.437. The van der Waals surface area contributed by atoms with Crippen molar-refractivity contribution in [3.8, 4) is 17.0 Å². The topological polar surface area (TPSA) is 102 Å². The Morgan fingerprint density at radius 3 is 2.79 bits per heavy atom. The lowest BCUT2D eigenvalue weighted by Gasteiger charge is -2.06. The van der Waals surface area contributed by atoms with E-state index in [4.69, 9.17) is 13.8 Å². The van der Waals surface area contributed by atoms with Crippen molar-refractivity contribution in [2.24, 2.45) is 0 Å². The maximum absolute atomic E-state index is 12.2. The third-order valence-corrected chi connectivity index (χ3v) is 4.08. The van der Waals surface area contributed by atoms with Crippen LogP contribution in [0.1, 0.15) is 12.6 Å². The molecule has 0 aliphatic rings. The second kappa shape index (κ2) is 7.83. The fourth-order valence-corrected chi connectivity index (χ4v) is 2.81. The molecule has 0 aliphatic heterocycles. The van der Waals surface area contributed by atoms with Gasteiger partial charge in [-0.2, -0.15) is 0 Å². The number of urea groups is 1. The van der Waals surface area contributed by atoms with Gasteiger partial charge >= 0.3 is 6.03 Å². The summed E-state index contributed by atoms with van der Waals surface area (Å²) in [5.41, 5.74) is 2.68. The molecule has 0 fully saturated rings. The first-order valence-electron chi connectivity index (χ1n) is 8.81. The van der Waals surface area contributed by atoms with E-state index in [1.54, 1.807) is 6.07 Å². The molecule has 0 unspecified atom stereocenters. The number of amides is 2. The minimum Gasteiger partial charge on any atom is -0.493 e. The van der Waals surface area contributed by atoms with Gasteiger partial charge in [-0.25, -0.2) is 4.79 Å². The highest BCUT2D eigenvalue weighted by molar-refractivity contribution is 5.89. The SMILES string of the molecule is CCOc1ccccc1-c1cc(NC(=O)NCc2noc3ccccc23)on1. The number of nitrogens with one attached hydrogen (secondary N) is 2. The third-order valence-electron chi connectivity index (χ3n) is 4.08. The summed E-state index contributed by atoms with van der Waals surface area (Å²) in [5.74, 6) is 0.927. The normalized spacial score (nSPS) is 10.8. The van der Waals surface area contributed by atoms with E-state index >= 15 is 0 Å². The van der Waals surface area contributed by atoms with E-state index < -0.39 is 6.03 Å². The Kier molecular flexibility index (Phi) is 4.92. The summed E-state index contributed by atoms with van der Waals surface area (Å²) in [6.45, 7) is 2.67. The van der Waals surface area contributed by atoms with Gasteiger partial charge in [0, 0.05) is 17.0 Å². The lowest BCUT2D eigenvalue weighted by molar-refractivity contribution is 0.250. The van der Waals surface area contributed by atoms with Crippen molar-refractivity contribution < 1.29 is 18.6 Å². The molecule has 0 radical (unpaired) electrons. The summed E-state index contributed by atoms with van der Waals surface area (Å²) < 4.78 is 16.0. The molecule has 4 rings (SSSR count). The van der Waals surface area contributed by atoms with Crippen LogP contribution in [0.4, 0.5) is 10.7 Å². The number of nitrogens with zero attached hydrogens (tertiary/aromatic N) is 2. The maximum Gasteiger partial charge on any atom is 0.321 e. The van der Waals surface area contributed by atoms with Crippen molar-refractivity contribution in [2.75, 3.05) is 11.9 Å². The summed E-state index contributed by atoms with van der Waals surface area (Å²) in [6.07, 6.45) is 0. The van der Waals surface area contributed by atoms with Gasteiger partial charge in [-0.1, -0.05) is 34.6 Å². The average Bonchev–Trinajstić information content (AvgIpc) is 3.34. The number of rotatable bonds is 6. The number of hydrogen-bond acceptors (Lipinski definition) is 6. The van der Waals surface area contributed by atoms with Crippen LogP contribution < -0.4 is 15.4 Å². The number of para-hydroxylation sites is 2. The van der Waals surface area contributed by atoms with Gasteiger partial charge in [0.15, 0.2) is 5.58 Å². The predicted octanol–water partition coefficient (Wildman–Crippen LogP) is 4.20. The Morgan fingerprint density at radius 1 is 1.07 bits per heavy atom. The zero-order valence-corrected chi connectivity index (χ0v) is 15.1. The van der Waals surface area contributed by atoms with Crippen LogP contribution in [0, 0.1) is 0 Å². The fraction of sp³-hybridized carbons (Fsp3) is 0.150. The van der Waals surface area contributed by atoms with Gasteiger partial charge in [0.1, 0.15) is 17.1 Å². The van der Waals surface area contributed by atoms with E-state index in [1.165, 1.54) is 0 Å². The van der Waals surface area contributed by atoms with E-state index in [-0.39, 0.29) is 12.4 Å². The van der Waals surface area contributed by atoms with Crippen LogP contribution in [0.3, 0.4) is 0 Å². The molecule has 0 aliphatic carbocycles. The molecule has 2 heterocycles. The highest BCUT2D eigenvalue weighted by atomic mass is 16.5. The van der Waals surface area contributed by atoms with Crippen LogP contribution in [-0.4, -0.2) is 23.0 Å². The first kappa shape index (κ1) is 17.6. The molecule has 8 nitrogen and oxygen atoms in total. The van der Waals surface area contributed by atoms with Gasteiger partial charge in [-0.3, -0.25) is 5.32 Å². The lowest BCUT2D eigenvalue weighted by Crippen LogP contribution is -2.28. The summed E-state index contributed by atoms with van der Waals surface area (Å²) in [5, 5.41) is 14.2. The van der Waals surface area contributed by atoms with Crippen LogP contribution in [0.15, 0.2) is 63.6 Å². The monoisotopic (exact) mass is 378 g/mol. The van der Waals surface area contributed by atoms with Crippen molar-refractivity contribution in [3.63, 3.8) is 0 Å². The molecule has 2 aromatic heterocycles. The van der Waals surface area contributed by atoms with Gasteiger partial charge in [0.2, 0.25) is 5.88 Å². The third kappa shape index (κ3) is 3.66. The zero-order valence-electron chi connectivity index (χ0n) is 15.1. The van der Waals surface area contributed by atoms with E-state index in [2.05, 4.69) is 20.9 Å². The van der Waals surface area contributed by atoms with Gasteiger partial charge < -0.3 is 19.1 Å². The van der Waals surface area contributed by atoms with Crippen molar-refractivity contribution in [3.05, 3.63) is 60.3 Å². The van der Waals surface area contributed by atoms with E-state index in [1.807, 2.05) is 55.5 Å². The molecule has 4 aromatic rings. The van der Waals surface area contributed by atoms with Crippen molar-refractivity contribution >= 4 is 22.9 Å². The maximum atomic E-state index is 12.2. The Labute approximate surface area is 160 Å². The first-order valence-corrected chi connectivity index (χ1v) is 8.81. The molecular weight excluding hydrogens is 360 g/mol. The molecular formula is C20H18N4O4. The second-order valence-corrected chi connectivity index (χ2v) is 5.94. The van der Waals surface area contributed by atoms with Crippen molar-refractivity contribution in [2.45, 2.75) is 13.5 Å². The number of hydrogen-bond donors (Lipinski definition) is 2. The molecule has 0 bridgehead atoms. The molecule has 0 saturated heterocycles. The van der Waals surface area contributed by atoms with Gasteiger partial charge in [-0.05, 0) is 31.2 Å². The molecule has 28 heavy (non-hydrogen) atoms. The lowest BCUT2D eigenvalue weighted by atomic mass is 10.1. The van der Waals surface area contributed by atoms with Crippen LogP contribution in [-0.2, 0) is 6.54 Å². The highest BCUT2D eigenvalue weighted by Gasteiger charge is 2.14. The smallest absolute Gasteiger partial charge is 0.321 e. The number of fused-ring (bicyclic) bond motifs is 1. The van der Waals surface area contributed by atoms with Crippen molar-refractivity contribution in [1.82, 2.24) is 15.6 Å². The van der Waals surface area contributed by atoms with Crippen LogP contribution >= 0.6 is 0 Å². The van der Waals surface area contributed by atoms with Crippen LogP contribution in [0.2, 0.25) is 0 Å². The molecule has 8 heteroatoms. The summed E-state index contributed by atoms with van der Waals surface area (Å²) in [7, 11) is 0. The largest absolute Gasteiger partial charge is 0.493 e. The highest BCUT2D eigenvalue weighted by Crippen LogP contribution is 2.30. The number of carbonyl (C=O) groups is 1. The predicted molar refractivity (Wildman–Crippen MR) is 103 cm³/mol. The first-order chi connectivity index (χ1) is 13.7. The van der Waals surface area contributed by atoms with E-state index in [0.717, 1.165) is 10.9 Å². The Hall–Kier alpha value is -3.81. The van der Waals surface area contributed by atoms with E-state index in [9.17, 15) is 4.79 Å². The van der Waals surface area contributed by atoms with Crippen LogP contribution in [0.5, 0.6) is 5.75 Å². The van der Waals surface area contributed by atoms with Gasteiger partial charge in [0.05, 0.1) is 13.2 Å². The molecule has 0 atom stereocenters. The summed E-state index contributed by atoms with van der Waals surface area (Å²) >= 11 is 0. The number of ether oxygens (including phenoxy) is 1. The van der Waals surface area contributed by atoms with Gasteiger partial charge in [-0.15, -0.1) is 0 Å². The number of benzene rings is 2. The Bertz CT molecular complexity index is 1100. The zero-order chi connectivity index (χ0) is 19.3. The molecule has 2 amide bonds. The minimum absolute atomic E-state index is 0.219. The Balaban J connectivity index is 1.41. The fourth-order valence-electron chi connectivity index (χ4n) is 2.81. The molecule has 0 saturated carbocycles. The van der Waals surface area contributed by atoms with Crippen molar-refractivity contribution in [1.29, 1.82) is 0 Å². The van der Waals surface area contributed by atoms with Crippen LogP contribution in [0.25, 0.3) is 22.2 Å². The Morgan fingerprint density at radius 2 is 1.89 bits per heavy atom. The second-order valence-electron chi connectivity index (χ2n) is 5.94. The number of aromatic nitrogens is 2. The molecule has 2 N–H and O–H groups in total. The molecule has 2 aromatic carbocycles. The number of carbonyl (C=O) groups excluding carboxylic acids is 1. The average molecular weight is 378 g/mol. The quantitative estimate of drug-likeness (QED) is 0.521. The number of anilines is 1.